The summed E-state index contributed by atoms with van der Waals surface area (Å²) in [6.07, 6.45) is 5.29. The van der Waals surface area contributed by atoms with Crippen molar-refractivity contribution in [2.45, 2.75) is 45.1 Å². The Balaban J connectivity index is 1.81. The minimum absolute atomic E-state index is 0.00444. The van der Waals surface area contributed by atoms with Crippen molar-refractivity contribution in [3.05, 3.63) is 29.8 Å². The quantitative estimate of drug-likeness (QED) is 0.847. The number of amides is 2. The Morgan fingerprint density at radius 1 is 1.22 bits per heavy atom. The van der Waals surface area contributed by atoms with Crippen molar-refractivity contribution in [2.75, 3.05) is 13.7 Å². The average Bonchev–Trinajstić information content (AvgIpc) is 2.60. The molecule has 0 bridgehead atoms. The van der Waals surface area contributed by atoms with E-state index in [4.69, 9.17) is 4.74 Å². The van der Waals surface area contributed by atoms with Crippen molar-refractivity contribution in [1.82, 2.24) is 10.6 Å². The maximum atomic E-state index is 12.0. The van der Waals surface area contributed by atoms with Crippen LogP contribution in [0.3, 0.4) is 0 Å². The maximum Gasteiger partial charge on any atom is 0.239 e. The van der Waals surface area contributed by atoms with Crippen molar-refractivity contribution >= 4 is 11.8 Å². The van der Waals surface area contributed by atoms with Gasteiger partial charge in [-0.3, -0.25) is 9.59 Å². The van der Waals surface area contributed by atoms with Gasteiger partial charge in [-0.15, -0.1) is 0 Å². The van der Waals surface area contributed by atoms with Gasteiger partial charge < -0.3 is 15.4 Å². The molecule has 1 atom stereocenters. The molecule has 1 saturated carbocycles. The van der Waals surface area contributed by atoms with Crippen LogP contribution >= 0.6 is 0 Å². The van der Waals surface area contributed by atoms with Crippen LogP contribution in [0.4, 0.5) is 0 Å². The highest BCUT2D eigenvalue weighted by molar-refractivity contribution is 5.86. The first kappa shape index (κ1) is 17.3. The second-order valence-electron chi connectivity index (χ2n) is 6.08. The zero-order chi connectivity index (χ0) is 16.7. The molecular formula is C18H26N2O3. The second kappa shape index (κ2) is 8.56. The lowest BCUT2D eigenvalue weighted by Gasteiger charge is -2.21. The van der Waals surface area contributed by atoms with Crippen LogP contribution in [0, 0.1) is 5.92 Å². The Morgan fingerprint density at radius 2 is 1.91 bits per heavy atom. The summed E-state index contributed by atoms with van der Waals surface area (Å²) in [5.74, 6) is 0.632. The number of methoxy groups -OCH3 is 1. The average molecular weight is 318 g/mol. The molecule has 0 heterocycles. The van der Waals surface area contributed by atoms with Gasteiger partial charge in [0.05, 0.1) is 19.7 Å². The summed E-state index contributed by atoms with van der Waals surface area (Å²) in [6, 6.07) is 7.41. The molecular weight excluding hydrogens is 292 g/mol. The molecule has 1 aliphatic rings. The van der Waals surface area contributed by atoms with E-state index in [9.17, 15) is 9.59 Å². The van der Waals surface area contributed by atoms with Gasteiger partial charge in [-0.05, 0) is 25.8 Å². The fourth-order valence-electron chi connectivity index (χ4n) is 3.07. The Bertz CT molecular complexity index is 539. The molecule has 0 aromatic heterocycles. The summed E-state index contributed by atoms with van der Waals surface area (Å²) in [5, 5.41) is 5.65. The van der Waals surface area contributed by atoms with Crippen molar-refractivity contribution in [2.24, 2.45) is 5.92 Å². The molecule has 126 valence electrons. The van der Waals surface area contributed by atoms with Crippen LogP contribution in [0.5, 0.6) is 5.75 Å². The molecule has 1 fully saturated rings. The summed E-state index contributed by atoms with van der Waals surface area (Å²) >= 11 is 0. The monoisotopic (exact) mass is 318 g/mol. The van der Waals surface area contributed by atoms with E-state index in [0.29, 0.717) is 0 Å². The third kappa shape index (κ3) is 4.98. The van der Waals surface area contributed by atoms with E-state index in [1.807, 2.05) is 31.2 Å². The number of nitrogens with one attached hydrogen (secondary N) is 2. The summed E-state index contributed by atoms with van der Waals surface area (Å²) in [6.45, 7) is 1.92. The van der Waals surface area contributed by atoms with Crippen LogP contribution in [0.1, 0.15) is 50.6 Å². The van der Waals surface area contributed by atoms with E-state index in [1.54, 1.807) is 7.11 Å². The Hall–Kier alpha value is -2.04. The lowest BCUT2D eigenvalue weighted by molar-refractivity contribution is -0.129. The van der Waals surface area contributed by atoms with E-state index < -0.39 is 0 Å². The Kier molecular flexibility index (Phi) is 6.44. The Labute approximate surface area is 137 Å². The predicted octanol–water partition coefficient (Wildman–Crippen LogP) is 2.57. The van der Waals surface area contributed by atoms with Gasteiger partial charge in [0, 0.05) is 11.5 Å². The van der Waals surface area contributed by atoms with E-state index in [0.717, 1.165) is 37.0 Å². The van der Waals surface area contributed by atoms with Crippen molar-refractivity contribution in [3.63, 3.8) is 0 Å². The zero-order valence-electron chi connectivity index (χ0n) is 13.9. The molecule has 5 nitrogen and oxygen atoms in total. The molecule has 0 aliphatic heterocycles. The number of para-hydroxylation sites is 1. The van der Waals surface area contributed by atoms with Crippen LogP contribution in [0.25, 0.3) is 0 Å². The number of hydrogen-bond donors (Lipinski definition) is 2. The van der Waals surface area contributed by atoms with Gasteiger partial charge >= 0.3 is 0 Å². The lowest BCUT2D eigenvalue weighted by Crippen LogP contribution is -2.40. The molecule has 2 rings (SSSR count). The van der Waals surface area contributed by atoms with Crippen LogP contribution in [0.15, 0.2) is 24.3 Å². The molecule has 1 aromatic rings. The normalized spacial score (nSPS) is 16.4. The smallest absolute Gasteiger partial charge is 0.239 e. The first-order valence-electron chi connectivity index (χ1n) is 8.31. The Morgan fingerprint density at radius 3 is 2.61 bits per heavy atom. The molecule has 0 spiro atoms. The number of benzene rings is 1. The summed E-state index contributed by atoms with van der Waals surface area (Å²) in [4.78, 5) is 24.1. The van der Waals surface area contributed by atoms with E-state index >= 15 is 0 Å². The van der Waals surface area contributed by atoms with Gasteiger partial charge in [-0.2, -0.15) is 0 Å². The second-order valence-corrected chi connectivity index (χ2v) is 6.08. The topological polar surface area (TPSA) is 67.4 Å². The highest BCUT2D eigenvalue weighted by Crippen LogP contribution is 2.24. The van der Waals surface area contributed by atoms with Crippen molar-refractivity contribution < 1.29 is 14.3 Å². The third-order valence-electron chi connectivity index (χ3n) is 4.38. The third-order valence-corrected chi connectivity index (χ3v) is 4.38. The molecule has 2 N–H and O–H groups in total. The summed E-state index contributed by atoms with van der Waals surface area (Å²) in [7, 11) is 1.61. The molecule has 1 aliphatic carbocycles. The highest BCUT2D eigenvalue weighted by Gasteiger charge is 2.21. The van der Waals surface area contributed by atoms with Crippen LogP contribution in [-0.4, -0.2) is 25.5 Å². The largest absolute Gasteiger partial charge is 0.496 e. The molecule has 2 amide bonds. The summed E-state index contributed by atoms with van der Waals surface area (Å²) < 4.78 is 5.30. The standard InChI is InChI=1S/C18H26N2O3/c1-13(15-10-6-7-11-16(15)23-2)20-17(21)12-19-18(22)14-8-4-3-5-9-14/h6-7,10-11,13-14H,3-5,8-9,12H2,1-2H3,(H,19,22)(H,20,21). The molecule has 23 heavy (non-hydrogen) atoms. The van der Waals surface area contributed by atoms with Gasteiger partial charge in [-0.1, -0.05) is 37.5 Å². The fraction of sp³-hybridized carbons (Fsp3) is 0.556. The van der Waals surface area contributed by atoms with Crippen molar-refractivity contribution in [3.8, 4) is 5.75 Å². The maximum absolute atomic E-state index is 12.0. The van der Waals surface area contributed by atoms with Crippen LogP contribution in [-0.2, 0) is 9.59 Å². The first-order valence-corrected chi connectivity index (χ1v) is 8.31. The van der Waals surface area contributed by atoms with Gasteiger partial charge in [0.1, 0.15) is 5.75 Å². The van der Waals surface area contributed by atoms with Crippen molar-refractivity contribution in [1.29, 1.82) is 0 Å². The van der Waals surface area contributed by atoms with Gasteiger partial charge in [0.25, 0.3) is 0 Å². The van der Waals surface area contributed by atoms with Gasteiger partial charge in [0.15, 0.2) is 0 Å². The van der Waals surface area contributed by atoms with E-state index in [1.165, 1.54) is 6.42 Å². The number of carbonyl (C=O) groups excluding carboxylic acids is 2. The number of hydrogen-bond acceptors (Lipinski definition) is 3. The van der Waals surface area contributed by atoms with Crippen LogP contribution < -0.4 is 15.4 Å². The zero-order valence-corrected chi connectivity index (χ0v) is 13.9. The molecule has 5 heteroatoms. The first-order chi connectivity index (χ1) is 11.1. The van der Waals surface area contributed by atoms with Gasteiger partial charge in [0.2, 0.25) is 11.8 Å². The lowest BCUT2D eigenvalue weighted by atomic mass is 9.89. The van der Waals surface area contributed by atoms with Crippen LogP contribution in [0.2, 0.25) is 0 Å². The SMILES string of the molecule is COc1ccccc1C(C)NC(=O)CNC(=O)C1CCCCC1. The molecule has 1 aromatic carbocycles. The predicted molar refractivity (Wildman–Crippen MR) is 89.1 cm³/mol. The number of ether oxygens (including phenoxy) is 1. The minimum atomic E-state index is -0.187. The number of carbonyl (C=O) groups is 2. The van der Waals surface area contributed by atoms with E-state index in [-0.39, 0.29) is 30.3 Å². The number of rotatable bonds is 6. The van der Waals surface area contributed by atoms with E-state index in [2.05, 4.69) is 10.6 Å². The fourth-order valence-corrected chi connectivity index (χ4v) is 3.07. The highest BCUT2D eigenvalue weighted by atomic mass is 16.5. The van der Waals surface area contributed by atoms with Gasteiger partial charge in [-0.25, -0.2) is 0 Å². The molecule has 0 saturated heterocycles. The minimum Gasteiger partial charge on any atom is -0.496 e. The summed E-state index contributed by atoms with van der Waals surface area (Å²) in [5.41, 5.74) is 0.918. The molecule has 1 unspecified atom stereocenters. The molecule has 0 radical (unpaired) electrons.